The summed E-state index contributed by atoms with van der Waals surface area (Å²) in [6, 6.07) is 8.30. The van der Waals surface area contributed by atoms with Crippen molar-refractivity contribution < 1.29 is 91.2 Å². The van der Waals surface area contributed by atoms with Gasteiger partial charge in [0.05, 0.1) is 32.3 Å². The van der Waals surface area contributed by atoms with E-state index in [0.29, 0.717) is 56.4 Å². The molecule has 0 bridgehead atoms. The van der Waals surface area contributed by atoms with Crippen LogP contribution in [0.2, 0.25) is 0 Å². The number of ether oxygens (including phenoxy) is 5. The van der Waals surface area contributed by atoms with Crippen molar-refractivity contribution in [1.29, 1.82) is 0 Å². The maximum absolute atomic E-state index is 15.3. The fourth-order valence-corrected chi connectivity index (χ4v) is 11.3. The van der Waals surface area contributed by atoms with Gasteiger partial charge in [-0.2, -0.15) is 39.5 Å². The number of piperidine rings is 1. The minimum absolute atomic E-state index is 0.0382. The van der Waals surface area contributed by atoms with Gasteiger partial charge in [0.25, 0.3) is 5.91 Å². The molecule has 2 saturated heterocycles. The molecule has 2 aliphatic heterocycles. The fraction of sp³-hybridized carbons (Fsp3) is 0.700. The van der Waals surface area contributed by atoms with Crippen LogP contribution in [0.4, 0.5) is 48.3 Å². The van der Waals surface area contributed by atoms with Crippen LogP contribution < -0.4 is 10.1 Å². The third-order valence-electron chi connectivity index (χ3n) is 15.1. The minimum atomic E-state index is -6.78. The molecule has 2 aromatic rings. The lowest BCUT2D eigenvalue weighted by Crippen LogP contribution is -2.67. The molecule has 7 atom stereocenters. The second-order valence-corrected chi connectivity index (χ2v) is 20.0. The molecule has 4 fully saturated rings. The Morgan fingerprint density at radius 3 is 2.27 bits per heavy atom. The molecule has 408 valence electrons. The summed E-state index contributed by atoms with van der Waals surface area (Å²) in [5.41, 5.74) is -4.15. The number of alkyl halides is 9. The summed E-state index contributed by atoms with van der Waals surface area (Å²) in [4.78, 5) is 43.1. The number of hydroxylamine groups is 2. The first-order valence-electron chi connectivity index (χ1n) is 24.8. The summed E-state index contributed by atoms with van der Waals surface area (Å²) in [5.74, 6) is -1.23. The first-order chi connectivity index (χ1) is 34.4. The molecule has 5 aliphatic rings. The van der Waals surface area contributed by atoms with Crippen molar-refractivity contribution >= 4 is 17.8 Å². The predicted octanol–water partition coefficient (Wildman–Crippen LogP) is 9.94. The van der Waals surface area contributed by atoms with Crippen molar-refractivity contribution in [3.8, 4) is 5.75 Å². The van der Waals surface area contributed by atoms with E-state index in [-0.39, 0.29) is 105 Å². The van der Waals surface area contributed by atoms with Crippen molar-refractivity contribution in [2.24, 2.45) is 17.3 Å². The van der Waals surface area contributed by atoms with E-state index >= 15 is 8.78 Å². The Bertz CT molecular complexity index is 2190. The lowest BCUT2D eigenvalue weighted by atomic mass is 9.55. The van der Waals surface area contributed by atoms with Gasteiger partial charge in [0.15, 0.2) is 6.23 Å². The first kappa shape index (κ1) is 56.4. The average molecular weight is 1060 g/mol. The van der Waals surface area contributed by atoms with E-state index in [1.54, 1.807) is 7.05 Å². The number of halogens is 11. The Morgan fingerprint density at radius 2 is 1.56 bits per heavy atom. The van der Waals surface area contributed by atoms with Gasteiger partial charge in [0.2, 0.25) is 5.91 Å². The molecular weight excluding hydrogens is 996 g/mol. The van der Waals surface area contributed by atoms with Crippen LogP contribution >= 0.6 is 0 Å². The summed E-state index contributed by atoms with van der Waals surface area (Å²) in [7, 11) is 1.76. The molecule has 1 N–H and O–H groups in total. The highest BCUT2D eigenvalue weighted by Crippen LogP contribution is 2.62. The Morgan fingerprint density at radius 1 is 0.836 bits per heavy atom. The normalized spacial score (nSPS) is 25.0. The summed E-state index contributed by atoms with van der Waals surface area (Å²) in [6.45, 7) is 1.23. The monoisotopic (exact) mass is 1060 g/mol. The van der Waals surface area contributed by atoms with E-state index in [2.05, 4.69) is 17.0 Å². The number of nitrogens with one attached hydrogen (secondary N) is 1. The van der Waals surface area contributed by atoms with Gasteiger partial charge in [-0.05, 0) is 142 Å². The lowest BCUT2D eigenvalue weighted by Gasteiger charge is -2.50. The number of hydrogen-bond acceptors (Lipinski definition) is 10. The third-order valence-corrected chi connectivity index (χ3v) is 15.1. The fourth-order valence-electron chi connectivity index (χ4n) is 11.3. The van der Waals surface area contributed by atoms with E-state index in [9.17, 15) is 53.9 Å². The molecule has 2 heterocycles. The van der Waals surface area contributed by atoms with Crippen LogP contribution in [0.25, 0.3) is 0 Å². The van der Waals surface area contributed by atoms with Gasteiger partial charge in [0.1, 0.15) is 30.1 Å². The van der Waals surface area contributed by atoms with Gasteiger partial charge < -0.3 is 38.7 Å². The molecule has 2 aromatic carbocycles. The number of hydrogen-bond donors (Lipinski definition) is 1. The largest absolute Gasteiger partial charge is 0.489 e. The number of benzene rings is 2. The summed E-state index contributed by atoms with van der Waals surface area (Å²) in [5, 5.41) is 3.74. The van der Waals surface area contributed by atoms with Gasteiger partial charge in [-0.1, -0.05) is 19.4 Å². The minimum Gasteiger partial charge on any atom is -0.489 e. The Hall–Kier alpha value is -4.32. The highest BCUT2D eigenvalue weighted by atomic mass is 19.4. The Kier molecular flexibility index (Phi) is 18.0. The van der Waals surface area contributed by atoms with Gasteiger partial charge >= 0.3 is 30.1 Å². The zero-order chi connectivity index (χ0) is 52.9. The van der Waals surface area contributed by atoms with Gasteiger partial charge in [-0.3, -0.25) is 9.59 Å². The van der Waals surface area contributed by atoms with E-state index < -0.39 is 61.0 Å². The van der Waals surface area contributed by atoms with Crippen LogP contribution in [0.15, 0.2) is 30.3 Å². The average Bonchev–Trinajstić information content (AvgIpc) is 4.02. The highest BCUT2D eigenvalue weighted by molar-refractivity contribution is 5.79. The van der Waals surface area contributed by atoms with Crippen LogP contribution in [0.5, 0.6) is 5.75 Å². The SMILES string of the molecule is CN(CCCCCC(=O)NCCOCCC(=O)ON1C(=O)CCC2OC21)Cc1c(F)cc(COc2ccc3c(c2)CCC2C3CC[C@]3(C)C2CC[C@H]3OCCCOC(C(F)(F)F)(C(F)(F)F)C(F)(F)F)cc1F. The van der Waals surface area contributed by atoms with Crippen molar-refractivity contribution in [2.75, 3.05) is 46.6 Å². The van der Waals surface area contributed by atoms with Crippen molar-refractivity contribution in [3.63, 3.8) is 0 Å². The topological polar surface area (TPSA) is 128 Å². The molecule has 0 radical (unpaired) electrons. The highest BCUT2D eigenvalue weighted by Gasteiger charge is 2.85. The Balaban J connectivity index is 0.776. The zero-order valence-corrected chi connectivity index (χ0v) is 40.6. The van der Waals surface area contributed by atoms with Crippen LogP contribution in [-0.4, -0.2) is 117 Å². The zero-order valence-electron chi connectivity index (χ0n) is 40.6. The molecule has 0 spiro atoms. The second-order valence-electron chi connectivity index (χ2n) is 20.0. The number of nitrogens with zero attached hydrogens (tertiary/aromatic N) is 2. The number of unbranched alkanes of at least 4 members (excludes halogenated alkanes) is 2. The van der Waals surface area contributed by atoms with E-state index in [1.165, 1.54) is 17.7 Å². The third kappa shape index (κ3) is 13.0. The van der Waals surface area contributed by atoms with Crippen LogP contribution in [-0.2, 0) is 57.7 Å². The van der Waals surface area contributed by atoms with Crippen LogP contribution in [0, 0.1) is 28.9 Å². The number of fused-ring (bicyclic) bond motifs is 6. The lowest BCUT2D eigenvalue weighted by molar-refractivity contribution is -0.457. The molecule has 2 amide bonds. The number of carbonyl (C=O) groups is 3. The van der Waals surface area contributed by atoms with Crippen LogP contribution in [0.3, 0.4) is 0 Å². The van der Waals surface area contributed by atoms with Gasteiger partial charge in [-0.15, -0.1) is 5.06 Å². The summed E-state index contributed by atoms with van der Waals surface area (Å²) in [6.07, 6.45) is -14.3. The van der Waals surface area contributed by atoms with E-state index in [4.69, 9.17) is 23.8 Å². The van der Waals surface area contributed by atoms with E-state index in [1.807, 2.05) is 23.1 Å². The standard InChI is InChI=1S/C50H62F11N3O9/c1-46-18-16-34-33-11-9-32(27-31(33)8-10-35(34)37(46)12-14-41(46)69-21-6-22-71-47(48(53,54)55,49(56,57)58)50(59,60)61)70-29-30-25-38(51)36(39(52)26-30)28-63(2)20-5-3-4-7-42(65)62-19-24-68-23-17-44(67)73-64-43(66)15-13-40-45(64)72-40/h9,11,25-27,34-35,37,40-41,45H,3-8,10,12-24,28-29H2,1-2H3,(H,62,65)/t34?,35?,37?,40?,41-,45?,46-/m1/s1. The Labute approximate surface area is 415 Å². The van der Waals surface area contributed by atoms with Crippen molar-refractivity contribution in [3.05, 3.63) is 64.2 Å². The molecule has 5 unspecified atom stereocenters. The molecular formula is C50H62F11N3O9. The van der Waals surface area contributed by atoms with Gasteiger partial charge in [0, 0.05) is 38.1 Å². The maximum atomic E-state index is 15.3. The quantitative estimate of drug-likeness (QED) is 0.0617. The number of amides is 2. The number of epoxide rings is 1. The molecule has 3 aliphatic carbocycles. The van der Waals surface area contributed by atoms with E-state index in [0.717, 1.165) is 42.7 Å². The number of rotatable bonds is 24. The smallest absolute Gasteiger partial charge is 0.435 e. The molecule has 0 aromatic heterocycles. The van der Waals surface area contributed by atoms with Crippen LogP contribution in [0.1, 0.15) is 119 Å². The second kappa shape index (κ2) is 23.3. The first-order valence-corrected chi connectivity index (χ1v) is 24.8. The maximum Gasteiger partial charge on any atom is 0.435 e. The molecule has 23 heteroatoms. The number of carbonyl (C=O) groups excluding carboxylic acids is 3. The molecule has 12 nitrogen and oxygen atoms in total. The van der Waals surface area contributed by atoms with Gasteiger partial charge in [-0.25, -0.2) is 13.6 Å². The predicted molar refractivity (Wildman–Crippen MR) is 237 cm³/mol. The van der Waals surface area contributed by atoms with Crippen molar-refractivity contribution in [2.45, 2.75) is 158 Å². The summed E-state index contributed by atoms with van der Waals surface area (Å²) >= 11 is 0. The molecule has 73 heavy (non-hydrogen) atoms. The molecule has 2 saturated carbocycles. The number of aryl methyl sites for hydroxylation is 1. The van der Waals surface area contributed by atoms with Crippen molar-refractivity contribution in [1.82, 2.24) is 15.3 Å². The molecule has 7 rings (SSSR count). The summed E-state index contributed by atoms with van der Waals surface area (Å²) < 4.78 is 176.